The Hall–Kier alpha value is -1.51. The van der Waals surface area contributed by atoms with E-state index in [-0.39, 0.29) is 29.5 Å². The molecule has 5 nitrogen and oxygen atoms in total. The highest BCUT2D eigenvalue weighted by molar-refractivity contribution is 14.0. The van der Waals surface area contributed by atoms with Gasteiger partial charge in [0.25, 0.3) is 0 Å². The molecule has 3 rings (SSSR count). The van der Waals surface area contributed by atoms with Gasteiger partial charge in [-0.2, -0.15) is 0 Å². The lowest BCUT2D eigenvalue weighted by atomic mass is 9.94. The van der Waals surface area contributed by atoms with E-state index in [2.05, 4.69) is 53.6 Å². The minimum atomic E-state index is -0.0481. The van der Waals surface area contributed by atoms with Crippen molar-refractivity contribution < 1.29 is 4.74 Å². The number of nitrogens with two attached hydrogens (primary N) is 1. The second-order valence-electron chi connectivity index (χ2n) is 6.92. The Kier molecular flexibility index (Phi) is 7.36. The van der Waals surface area contributed by atoms with Crippen molar-refractivity contribution in [1.29, 1.82) is 0 Å². The minimum Gasteiger partial charge on any atom is -0.495 e. The van der Waals surface area contributed by atoms with Gasteiger partial charge in [-0.3, -0.25) is 4.99 Å². The van der Waals surface area contributed by atoms with Crippen LogP contribution in [0, 0.1) is 0 Å². The molecule has 0 radical (unpaired) electrons. The molecule has 0 heterocycles. The second kappa shape index (κ2) is 9.12. The maximum Gasteiger partial charge on any atom is 0.193 e. The fourth-order valence-electron chi connectivity index (χ4n) is 3.41. The van der Waals surface area contributed by atoms with Crippen LogP contribution in [0.3, 0.4) is 0 Å². The summed E-state index contributed by atoms with van der Waals surface area (Å²) in [5.41, 5.74) is 9.64. The molecule has 0 aliphatic heterocycles. The molecule has 0 unspecified atom stereocenters. The van der Waals surface area contributed by atoms with Gasteiger partial charge in [-0.1, -0.05) is 35.9 Å². The number of aliphatic imine (C=N–C) groups is 1. The van der Waals surface area contributed by atoms with Crippen LogP contribution in [0.5, 0.6) is 5.75 Å². The SMILES string of the molecule is COc1ccc(NC(N)=NCC2(N(C)C)Cc3ccccc3C2)cc1Cl.I. The summed E-state index contributed by atoms with van der Waals surface area (Å²) >= 11 is 6.16. The lowest BCUT2D eigenvalue weighted by Crippen LogP contribution is -2.48. The lowest BCUT2D eigenvalue weighted by molar-refractivity contribution is 0.172. The van der Waals surface area contributed by atoms with Gasteiger partial charge in [0, 0.05) is 11.2 Å². The van der Waals surface area contributed by atoms with Crippen LogP contribution >= 0.6 is 35.6 Å². The van der Waals surface area contributed by atoms with Crippen molar-refractivity contribution in [1.82, 2.24) is 4.90 Å². The first kappa shape index (κ1) is 21.8. The Morgan fingerprint density at radius 1 is 1.22 bits per heavy atom. The predicted octanol–water partition coefficient (Wildman–Crippen LogP) is 3.79. The first-order valence-corrected chi connectivity index (χ1v) is 8.96. The van der Waals surface area contributed by atoms with Crippen molar-refractivity contribution in [2.75, 3.05) is 33.1 Å². The van der Waals surface area contributed by atoms with Crippen LogP contribution in [-0.2, 0) is 12.8 Å². The van der Waals surface area contributed by atoms with E-state index in [1.54, 1.807) is 19.2 Å². The van der Waals surface area contributed by atoms with E-state index in [9.17, 15) is 0 Å². The van der Waals surface area contributed by atoms with Gasteiger partial charge >= 0.3 is 0 Å². The third kappa shape index (κ3) is 4.86. The van der Waals surface area contributed by atoms with Gasteiger partial charge in [0.15, 0.2) is 5.96 Å². The molecule has 27 heavy (non-hydrogen) atoms. The Balaban J connectivity index is 0.00000261. The van der Waals surface area contributed by atoms with Crippen molar-refractivity contribution >= 4 is 47.2 Å². The summed E-state index contributed by atoms with van der Waals surface area (Å²) in [5, 5.41) is 3.63. The highest BCUT2D eigenvalue weighted by Gasteiger charge is 2.38. The van der Waals surface area contributed by atoms with Gasteiger partial charge in [-0.15, -0.1) is 24.0 Å². The molecule has 0 saturated carbocycles. The fourth-order valence-corrected chi connectivity index (χ4v) is 3.66. The average molecular weight is 501 g/mol. The van der Waals surface area contributed by atoms with Gasteiger partial charge < -0.3 is 20.7 Å². The molecule has 1 aliphatic carbocycles. The van der Waals surface area contributed by atoms with Crippen molar-refractivity contribution in [2.24, 2.45) is 10.7 Å². The molecule has 0 amide bonds. The van der Waals surface area contributed by atoms with Gasteiger partial charge in [0.2, 0.25) is 0 Å². The van der Waals surface area contributed by atoms with Crippen LogP contribution < -0.4 is 15.8 Å². The van der Waals surface area contributed by atoms with Crippen molar-refractivity contribution in [3.8, 4) is 5.75 Å². The third-order valence-corrected chi connectivity index (χ3v) is 5.37. The third-order valence-electron chi connectivity index (χ3n) is 5.07. The Morgan fingerprint density at radius 3 is 2.37 bits per heavy atom. The molecule has 0 bridgehead atoms. The smallest absolute Gasteiger partial charge is 0.193 e. The first-order chi connectivity index (χ1) is 12.4. The highest BCUT2D eigenvalue weighted by atomic mass is 127. The predicted molar refractivity (Wildman–Crippen MR) is 124 cm³/mol. The van der Waals surface area contributed by atoms with Crippen LogP contribution in [0.25, 0.3) is 0 Å². The van der Waals surface area contributed by atoms with Crippen molar-refractivity contribution in [3.63, 3.8) is 0 Å². The molecule has 0 saturated heterocycles. The lowest BCUT2D eigenvalue weighted by Gasteiger charge is -2.35. The number of halogens is 2. The van der Waals surface area contributed by atoms with E-state index in [0.29, 0.717) is 23.3 Å². The quantitative estimate of drug-likeness (QED) is 0.372. The Morgan fingerprint density at radius 2 is 1.85 bits per heavy atom. The zero-order valence-electron chi connectivity index (χ0n) is 15.8. The Bertz CT molecular complexity index is 800. The van der Waals surface area contributed by atoms with Crippen LogP contribution in [0.4, 0.5) is 5.69 Å². The van der Waals surface area contributed by atoms with Crippen molar-refractivity contribution in [2.45, 2.75) is 18.4 Å². The van der Waals surface area contributed by atoms with Gasteiger partial charge in [0.05, 0.1) is 18.7 Å². The van der Waals surface area contributed by atoms with Crippen molar-refractivity contribution in [3.05, 3.63) is 58.6 Å². The summed E-state index contributed by atoms with van der Waals surface area (Å²) in [5.74, 6) is 1.01. The van der Waals surface area contributed by atoms with Crippen LogP contribution in [-0.4, -0.2) is 44.1 Å². The number of fused-ring (bicyclic) bond motifs is 1. The summed E-state index contributed by atoms with van der Waals surface area (Å²) < 4.78 is 5.16. The maximum atomic E-state index is 6.16. The summed E-state index contributed by atoms with van der Waals surface area (Å²) in [4.78, 5) is 6.88. The minimum absolute atomic E-state index is 0. The van der Waals surface area contributed by atoms with Gasteiger partial charge in [-0.25, -0.2) is 0 Å². The van der Waals surface area contributed by atoms with E-state index in [1.807, 2.05) is 6.07 Å². The molecule has 2 aromatic carbocycles. The zero-order valence-corrected chi connectivity index (χ0v) is 18.9. The van der Waals surface area contributed by atoms with Gasteiger partial charge in [0.1, 0.15) is 5.75 Å². The number of methoxy groups -OCH3 is 1. The first-order valence-electron chi connectivity index (χ1n) is 8.58. The number of hydrogen-bond donors (Lipinski definition) is 2. The number of nitrogens with one attached hydrogen (secondary N) is 1. The second-order valence-corrected chi connectivity index (χ2v) is 7.32. The molecule has 1 aliphatic rings. The maximum absolute atomic E-state index is 6.16. The number of rotatable bonds is 5. The largest absolute Gasteiger partial charge is 0.495 e. The number of ether oxygens (including phenoxy) is 1. The van der Waals surface area contributed by atoms with E-state index >= 15 is 0 Å². The van der Waals surface area contributed by atoms with E-state index in [1.165, 1.54) is 11.1 Å². The molecule has 0 atom stereocenters. The van der Waals surface area contributed by atoms with E-state index in [0.717, 1.165) is 18.5 Å². The topological polar surface area (TPSA) is 62.9 Å². The number of likely N-dealkylation sites (N-methyl/N-ethyl adjacent to an activating group) is 1. The zero-order chi connectivity index (χ0) is 18.7. The van der Waals surface area contributed by atoms with Crippen LogP contribution in [0.1, 0.15) is 11.1 Å². The number of hydrogen-bond acceptors (Lipinski definition) is 3. The molecule has 0 aromatic heterocycles. The standard InChI is InChI=1S/C20H25ClN4O.HI/c1-25(2)20(11-14-6-4-5-7-15(14)12-20)13-23-19(22)24-16-8-9-18(26-3)17(21)10-16;/h4-10H,11-13H2,1-3H3,(H3,22,23,24);1H. The van der Waals surface area contributed by atoms with E-state index < -0.39 is 0 Å². The molecular formula is C20H26ClIN4O. The van der Waals surface area contributed by atoms with Crippen LogP contribution in [0.2, 0.25) is 5.02 Å². The molecular weight excluding hydrogens is 475 g/mol. The molecule has 2 aromatic rings. The summed E-state index contributed by atoms with van der Waals surface area (Å²) in [6.07, 6.45) is 1.95. The van der Waals surface area contributed by atoms with Crippen LogP contribution in [0.15, 0.2) is 47.5 Å². The number of nitrogens with zero attached hydrogens (tertiary/aromatic N) is 2. The number of guanidine groups is 1. The molecule has 3 N–H and O–H groups in total. The molecule has 7 heteroatoms. The molecule has 0 spiro atoms. The molecule has 146 valence electrons. The summed E-state index contributed by atoms with van der Waals surface area (Å²) in [6.45, 7) is 0.622. The average Bonchev–Trinajstić information content (AvgIpc) is 3.00. The summed E-state index contributed by atoms with van der Waals surface area (Å²) in [7, 11) is 5.80. The monoisotopic (exact) mass is 500 g/mol. The summed E-state index contributed by atoms with van der Waals surface area (Å²) in [6, 6.07) is 14.0. The number of anilines is 1. The molecule has 0 fully saturated rings. The van der Waals surface area contributed by atoms with Gasteiger partial charge in [-0.05, 0) is 56.3 Å². The number of benzene rings is 2. The van der Waals surface area contributed by atoms with E-state index in [4.69, 9.17) is 22.1 Å². The highest BCUT2D eigenvalue weighted by Crippen LogP contribution is 2.33. The normalized spacial score (nSPS) is 15.2. The fraction of sp³-hybridized carbons (Fsp3) is 0.350. The Labute approximate surface area is 183 Å².